The molecule has 0 saturated carbocycles. The van der Waals surface area contributed by atoms with Crippen LogP contribution in [-0.4, -0.2) is 20.0 Å². The smallest absolute Gasteiger partial charge is 0.0735 e. The van der Waals surface area contributed by atoms with E-state index in [2.05, 4.69) is 116 Å². The number of pyridine rings is 1. The van der Waals surface area contributed by atoms with Crippen molar-refractivity contribution in [3.63, 3.8) is 0 Å². The van der Waals surface area contributed by atoms with Crippen LogP contribution in [0.5, 0.6) is 0 Å². The molecule has 0 aliphatic rings. The summed E-state index contributed by atoms with van der Waals surface area (Å²) in [5.41, 5.74) is 7.49. The molecule has 4 nitrogen and oxygen atoms in total. The topological polar surface area (TPSA) is 43.6 Å². The molecule has 0 N–H and O–H groups in total. The summed E-state index contributed by atoms with van der Waals surface area (Å²) in [5.74, 6) is 0. The number of para-hydroxylation sites is 1. The lowest BCUT2D eigenvalue weighted by Crippen LogP contribution is -2.17. The van der Waals surface area contributed by atoms with E-state index in [1.807, 2.05) is 35.1 Å². The van der Waals surface area contributed by atoms with Crippen molar-refractivity contribution in [2.75, 3.05) is 0 Å². The SMILES string of the molecule is CC(C)(C)c1cnnn1-c1ccc(/C=C/c2ccc(/C=C/c3ccc4ccccc4n3)cc2)cc1. The van der Waals surface area contributed by atoms with Gasteiger partial charge < -0.3 is 0 Å². The van der Waals surface area contributed by atoms with Crippen molar-refractivity contribution in [2.24, 2.45) is 0 Å². The zero-order valence-corrected chi connectivity index (χ0v) is 20.3. The molecule has 0 atom stereocenters. The fourth-order valence-electron chi connectivity index (χ4n) is 3.93. The Bertz CT molecular complexity index is 1500. The van der Waals surface area contributed by atoms with Crippen LogP contribution in [0.15, 0.2) is 91.1 Å². The van der Waals surface area contributed by atoms with Crippen molar-refractivity contribution in [1.29, 1.82) is 0 Å². The Kier molecular flexibility index (Phi) is 6.11. The molecule has 35 heavy (non-hydrogen) atoms. The number of benzene rings is 3. The maximum atomic E-state index is 4.70. The summed E-state index contributed by atoms with van der Waals surface area (Å²) < 4.78 is 1.91. The lowest BCUT2D eigenvalue weighted by molar-refractivity contribution is 0.542. The van der Waals surface area contributed by atoms with Crippen LogP contribution in [0, 0.1) is 0 Å². The Morgan fingerprint density at radius 2 is 1.26 bits per heavy atom. The summed E-state index contributed by atoms with van der Waals surface area (Å²) in [7, 11) is 0. The Morgan fingerprint density at radius 1 is 0.657 bits per heavy atom. The van der Waals surface area contributed by atoms with Gasteiger partial charge in [-0.25, -0.2) is 9.67 Å². The molecular formula is C31H28N4. The molecule has 0 amide bonds. The molecule has 2 heterocycles. The van der Waals surface area contributed by atoms with Gasteiger partial charge in [0.2, 0.25) is 0 Å². The van der Waals surface area contributed by atoms with Crippen LogP contribution in [0.1, 0.15) is 48.8 Å². The molecule has 3 aromatic carbocycles. The average molecular weight is 457 g/mol. The second-order valence-electron chi connectivity index (χ2n) is 9.63. The molecule has 2 aromatic heterocycles. The van der Waals surface area contributed by atoms with Gasteiger partial charge in [0.25, 0.3) is 0 Å². The minimum absolute atomic E-state index is 0.0184. The predicted octanol–water partition coefficient (Wildman–Crippen LogP) is 7.45. The highest BCUT2D eigenvalue weighted by molar-refractivity contribution is 5.81. The largest absolute Gasteiger partial charge is 0.248 e. The highest BCUT2D eigenvalue weighted by Crippen LogP contribution is 2.24. The summed E-state index contributed by atoms with van der Waals surface area (Å²) in [6.07, 6.45) is 10.2. The first kappa shape index (κ1) is 22.5. The van der Waals surface area contributed by atoms with Gasteiger partial charge in [-0.3, -0.25) is 0 Å². The van der Waals surface area contributed by atoms with E-state index in [0.29, 0.717) is 0 Å². The molecule has 0 aliphatic heterocycles. The second-order valence-corrected chi connectivity index (χ2v) is 9.63. The van der Waals surface area contributed by atoms with Crippen molar-refractivity contribution in [3.05, 3.63) is 119 Å². The number of aromatic nitrogens is 4. The maximum absolute atomic E-state index is 4.70. The van der Waals surface area contributed by atoms with E-state index in [4.69, 9.17) is 4.98 Å². The van der Waals surface area contributed by atoms with Gasteiger partial charge in [0.15, 0.2) is 0 Å². The van der Waals surface area contributed by atoms with Gasteiger partial charge in [-0.05, 0) is 47.0 Å². The van der Waals surface area contributed by atoms with Crippen LogP contribution in [0.2, 0.25) is 0 Å². The molecule has 4 heteroatoms. The monoisotopic (exact) mass is 456 g/mol. The molecule has 0 bridgehead atoms. The fraction of sp³-hybridized carbons (Fsp3) is 0.129. The molecule has 0 saturated heterocycles. The quantitative estimate of drug-likeness (QED) is 0.258. The number of fused-ring (bicyclic) bond motifs is 1. The van der Waals surface area contributed by atoms with Crippen LogP contribution < -0.4 is 0 Å². The third kappa shape index (κ3) is 5.28. The van der Waals surface area contributed by atoms with Gasteiger partial charge in [0.1, 0.15) is 0 Å². The maximum Gasteiger partial charge on any atom is 0.0735 e. The average Bonchev–Trinajstić information content (AvgIpc) is 3.38. The van der Waals surface area contributed by atoms with E-state index in [-0.39, 0.29) is 5.41 Å². The Labute approximate surface area is 206 Å². The minimum atomic E-state index is -0.0184. The van der Waals surface area contributed by atoms with Gasteiger partial charge >= 0.3 is 0 Å². The summed E-state index contributed by atoms with van der Waals surface area (Å²) in [6, 6.07) is 29.2. The zero-order chi connectivity index (χ0) is 24.3. The number of rotatable bonds is 5. The van der Waals surface area contributed by atoms with Gasteiger partial charge in [-0.1, -0.05) is 105 Å². The van der Waals surface area contributed by atoms with Crippen LogP contribution in [0.25, 0.3) is 40.9 Å². The standard InChI is InChI=1S/C31H28N4/c1-31(2,3)30-22-32-34-35(30)28-20-15-25(16-21-28)13-10-23-8-11-24(12-9-23)14-18-27-19-17-26-6-4-5-7-29(26)33-27/h4-22H,1-3H3/b13-10+,18-14+. The van der Waals surface area contributed by atoms with Crippen molar-refractivity contribution >= 4 is 35.2 Å². The third-order valence-electron chi connectivity index (χ3n) is 5.93. The summed E-state index contributed by atoms with van der Waals surface area (Å²) in [5, 5.41) is 9.53. The van der Waals surface area contributed by atoms with Gasteiger partial charge in [0.05, 0.1) is 28.8 Å². The number of hydrogen-bond donors (Lipinski definition) is 0. The van der Waals surface area contributed by atoms with E-state index in [9.17, 15) is 0 Å². The Hall–Kier alpha value is -4.31. The zero-order valence-electron chi connectivity index (χ0n) is 20.3. The predicted molar refractivity (Wildman–Crippen MR) is 146 cm³/mol. The first-order valence-corrected chi connectivity index (χ1v) is 11.8. The molecular weight excluding hydrogens is 428 g/mol. The lowest BCUT2D eigenvalue weighted by Gasteiger charge is -2.19. The van der Waals surface area contributed by atoms with Gasteiger partial charge in [0, 0.05) is 10.8 Å². The van der Waals surface area contributed by atoms with Crippen molar-refractivity contribution in [1.82, 2.24) is 20.0 Å². The normalized spacial score (nSPS) is 12.2. The molecule has 5 aromatic rings. The van der Waals surface area contributed by atoms with E-state index < -0.39 is 0 Å². The molecule has 0 spiro atoms. The lowest BCUT2D eigenvalue weighted by atomic mass is 9.92. The third-order valence-corrected chi connectivity index (χ3v) is 5.93. The first-order chi connectivity index (χ1) is 17.0. The van der Waals surface area contributed by atoms with E-state index in [0.717, 1.165) is 44.7 Å². The molecule has 0 aliphatic carbocycles. The minimum Gasteiger partial charge on any atom is -0.248 e. The molecule has 0 radical (unpaired) electrons. The van der Waals surface area contributed by atoms with Crippen molar-refractivity contribution < 1.29 is 0 Å². The number of nitrogens with zero attached hydrogens (tertiary/aromatic N) is 4. The van der Waals surface area contributed by atoms with Gasteiger partial charge in [-0.2, -0.15) is 0 Å². The molecule has 0 unspecified atom stereocenters. The van der Waals surface area contributed by atoms with Crippen LogP contribution in [-0.2, 0) is 5.41 Å². The second kappa shape index (κ2) is 9.51. The highest BCUT2D eigenvalue weighted by atomic mass is 15.4. The molecule has 0 fully saturated rings. The summed E-state index contributed by atoms with van der Waals surface area (Å²) >= 11 is 0. The van der Waals surface area contributed by atoms with Crippen molar-refractivity contribution in [3.8, 4) is 5.69 Å². The van der Waals surface area contributed by atoms with Crippen molar-refractivity contribution in [2.45, 2.75) is 26.2 Å². The Balaban J connectivity index is 1.25. The van der Waals surface area contributed by atoms with Crippen LogP contribution in [0.3, 0.4) is 0 Å². The highest BCUT2D eigenvalue weighted by Gasteiger charge is 2.20. The van der Waals surface area contributed by atoms with E-state index in [1.165, 1.54) is 0 Å². The fourth-order valence-corrected chi connectivity index (χ4v) is 3.93. The van der Waals surface area contributed by atoms with Gasteiger partial charge in [-0.15, -0.1) is 5.10 Å². The molecule has 172 valence electrons. The number of hydrogen-bond acceptors (Lipinski definition) is 3. The van der Waals surface area contributed by atoms with Crippen LogP contribution >= 0.6 is 0 Å². The van der Waals surface area contributed by atoms with E-state index >= 15 is 0 Å². The van der Waals surface area contributed by atoms with Crippen LogP contribution in [0.4, 0.5) is 0 Å². The summed E-state index contributed by atoms with van der Waals surface area (Å²) in [6.45, 7) is 6.50. The molecule has 5 rings (SSSR count). The Morgan fingerprint density at radius 3 is 1.91 bits per heavy atom. The summed E-state index contributed by atoms with van der Waals surface area (Å²) in [4.78, 5) is 4.70. The first-order valence-electron chi connectivity index (χ1n) is 11.8. The van der Waals surface area contributed by atoms with E-state index in [1.54, 1.807) is 0 Å².